The number of nitrogens with zero attached hydrogens (tertiary/aromatic N) is 3. The smallest absolute Gasteiger partial charge is 0.259 e. The summed E-state index contributed by atoms with van der Waals surface area (Å²) >= 11 is 1.50. The van der Waals surface area contributed by atoms with Crippen LogP contribution in [0.25, 0.3) is 0 Å². The molecule has 4 aromatic rings. The summed E-state index contributed by atoms with van der Waals surface area (Å²) < 4.78 is 1.79. The first-order valence-electron chi connectivity index (χ1n) is 10.9. The van der Waals surface area contributed by atoms with E-state index in [1.807, 2.05) is 36.5 Å². The molecule has 0 aliphatic heterocycles. The van der Waals surface area contributed by atoms with Crippen molar-refractivity contribution in [1.29, 1.82) is 0 Å². The Morgan fingerprint density at radius 2 is 1.82 bits per heavy atom. The molecular formula is C25H23N5O2S. The predicted octanol–water partition coefficient (Wildman–Crippen LogP) is 4.77. The van der Waals surface area contributed by atoms with Gasteiger partial charge in [-0.05, 0) is 48.9 Å². The molecule has 2 amide bonds. The number of aromatic nitrogens is 3. The Kier molecular flexibility index (Phi) is 5.99. The first kappa shape index (κ1) is 21.1. The molecule has 1 aliphatic carbocycles. The van der Waals surface area contributed by atoms with Gasteiger partial charge < -0.3 is 10.6 Å². The van der Waals surface area contributed by atoms with Gasteiger partial charge in [-0.25, -0.2) is 0 Å². The van der Waals surface area contributed by atoms with E-state index < -0.39 is 0 Å². The lowest BCUT2D eigenvalue weighted by atomic mass is 9.95. The predicted molar refractivity (Wildman–Crippen MR) is 129 cm³/mol. The molecule has 1 aliphatic rings. The third kappa shape index (κ3) is 4.70. The summed E-state index contributed by atoms with van der Waals surface area (Å²) in [7, 11) is 0. The molecule has 8 heteroatoms. The number of pyridine rings is 1. The van der Waals surface area contributed by atoms with E-state index in [1.165, 1.54) is 22.4 Å². The lowest BCUT2D eigenvalue weighted by molar-refractivity contribution is 0.102. The highest BCUT2D eigenvalue weighted by molar-refractivity contribution is 7.17. The van der Waals surface area contributed by atoms with Crippen LogP contribution >= 0.6 is 11.3 Å². The van der Waals surface area contributed by atoms with Gasteiger partial charge in [-0.3, -0.25) is 19.3 Å². The Hall–Kier alpha value is -3.78. The van der Waals surface area contributed by atoms with Gasteiger partial charge >= 0.3 is 0 Å². The number of hydrogen-bond acceptors (Lipinski definition) is 5. The summed E-state index contributed by atoms with van der Waals surface area (Å²) in [6.45, 7) is 0.622. The summed E-state index contributed by atoms with van der Waals surface area (Å²) in [6, 6.07) is 13.4. The third-order valence-electron chi connectivity index (χ3n) is 5.63. The maximum absolute atomic E-state index is 13.3. The fraction of sp³-hybridized carbons (Fsp3) is 0.200. The van der Waals surface area contributed by atoms with Crippen molar-refractivity contribution in [3.05, 3.63) is 94.4 Å². The minimum atomic E-state index is -0.272. The van der Waals surface area contributed by atoms with Gasteiger partial charge in [0.25, 0.3) is 11.8 Å². The van der Waals surface area contributed by atoms with E-state index in [1.54, 1.807) is 29.2 Å². The molecule has 0 radical (unpaired) electrons. The second-order valence-corrected chi connectivity index (χ2v) is 9.08. The molecule has 166 valence electrons. The topological polar surface area (TPSA) is 88.9 Å². The zero-order valence-electron chi connectivity index (χ0n) is 18.0. The van der Waals surface area contributed by atoms with Crippen molar-refractivity contribution in [3.63, 3.8) is 0 Å². The maximum atomic E-state index is 13.3. The lowest BCUT2D eigenvalue weighted by Gasteiger charge is -2.13. The van der Waals surface area contributed by atoms with Crippen molar-refractivity contribution in [2.24, 2.45) is 0 Å². The SMILES string of the molecule is O=C(Nc1sc2c(c1C(=O)Nc1cnn(Cc3ccccc3)c1)CCCC2)c1cccnc1. The Labute approximate surface area is 195 Å². The number of carbonyl (C=O) groups is 2. The molecule has 3 heterocycles. The van der Waals surface area contributed by atoms with E-state index >= 15 is 0 Å². The third-order valence-corrected chi connectivity index (χ3v) is 6.83. The van der Waals surface area contributed by atoms with Crippen molar-refractivity contribution < 1.29 is 9.59 Å². The number of amides is 2. The summed E-state index contributed by atoms with van der Waals surface area (Å²) in [4.78, 5) is 31.3. The average Bonchev–Trinajstić information content (AvgIpc) is 3.43. The summed E-state index contributed by atoms with van der Waals surface area (Å²) in [6.07, 6.45) is 10.5. The summed E-state index contributed by atoms with van der Waals surface area (Å²) in [5, 5.41) is 10.9. The minimum absolute atomic E-state index is 0.227. The molecule has 1 aromatic carbocycles. The van der Waals surface area contributed by atoms with E-state index in [0.717, 1.165) is 36.8 Å². The number of anilines is 2. The van der Waals surface area contributed by atoms with Crippen LogP contribution in [0.15, 0.2) is 67.3 Å². The van der Waals surface area contributed by atoms with E-state index in [0.29, 0.717) is 28.4 Å². The highest BCUT2D eigenvalue weighted by Crippen LogP contribution is 2.38. The van der Waals surface area contributed by atoms with Crippen LogP contribution in [0, 0.1) is 0 Å². The van der Waals surface area contributed by atoms with Gasteiger partial charge in [0.1, 0.15) is 5.00 Å². The van der Waals surface area contributed by atoms with E-state index in [9.17, 15) is 9.59 Å². The fourth-order valence-electron chi connectivity index (χ4n) is 4.05. The quantitative estimate of drug-likeness (QED) is 0.436. The van der Waals surface area contributed by atoms with Crippen LogP contribution in [0.3, 0.4) is 0 Å². The average molecular weight is 458 g/mol. The molecule has 0 spiro atoms. The number of aryl methyl sites for hydroxylation is 1. The second kappa shape index (κ2) is 9.38. The van der Waals surface area contributed by atoms with Gasteiger partial charge in [-0.1, -0.05) is 30.3 Å². The second-order valence-electron chi connectivity index (χ2n) is 7.98. The zero-order valence-corrected chi connectivity index (χ0v) is 18.8. The number of nitrogens with one attached hydrogen (secondary N) is 2. The van der Waals surface area contributed by atoms with E-state index in [2.05, 4.69) is 20.7 Å². The molecule has 0 atom stereocenters. The number of rotatable bonds is 6. The standard InChI is InChI=1S/C25H23N5O2S/c31-23(18-9-6-12-26-13-18)29-25-22(20-10-4-5-11-21(20)33-25)24(32)28-19-14-27-30(16-19)15-17-7-2-1-3-8-17/h1-3,6-9,12-14,16H,4-5,10-11,15H2,(H,28,32)(H,29,31). The van der Waals surface area contributed by atoms with E-state index in [-0.39, 0.29) is 11.8 Å². The van der Waals surface area contributed by atoms with Crippen LogP contribution in [-0.4, -0.2) is 26.6 Å². The van der Waals surface area contributed by atoms with Crippen LogP contribution in [0.1, 0.15) is 49.6 Å². The van der Waals surface area contributed by atoms with Gasteiger partial charge in [0, 0.05) is 23.5 Å². The van der Waals surface area contributed by atoms with Crippen LogP contribution < -0.4 is 10.6 Å². The molecule has 7 nitrogen and oxygen atoms in total. The van der Waals surface area contributed by atoms with Gasteiger partial charge in [-0.2, -0.15) is 5.10 Å². The number of carbonyl (C=O) groups excluding carboxylic acids is 2. The number of fused-ring (bicyclic) bond motifs is 1. The van der Waals surface area contributed by atoms with Gasteiger partial charge in [0.05, 0.1) is 29.6 Å². The Morgan fingerprint density at radius 3 is 2.64 bits per heavy atom. The largest absolute Gasteiger partial charge is 0.319 e. The zero-order chi connectivity index (χ0) is 22.6. The maximum Gasteiger partial charge on any atom is 0.259 e. The van der Waals surface area contributed by atoms with Crippen LogP contribution in [0.5, 0.6) is 0 Å². The van der Waals surface area contributed by atoms with Gasteiger partial charge in [0.2, 0.25) is 0 Å². The Balaban J connectivity index is 1.37. The van der Waals surface area contributed by atoms with E-state index in [4.69, 9.17) is 0 Å². The lowest BCUT2D eigenvalue weighted by Crippen LogP contribution is -2.18. The summed E-state index contributed by atoms with van der Waals surface area (Å²) in [5.74, 6) is -0.499. The van der Waals surface area contributed by atoms with Crippen molar-refractivity contribution in [2.75, 3.05) is 10.6 Å². The molecule has 0 bridgehead atoms. The van der Waals surface area contributed by atoms with Crippen LogP contribution in [-0.2, 0) is 19.4 Å². The Bertz CT molecular complexity index is 1280. The highest BCUT2D eigenvalue weighted by Gasteiger charge is 2.27. The van der Waals surface area contributed by atoms with Crippen molar-refractivity contribution in [2.45, 2.75) is 32.2 Å². The first-order valence-corrected chi connectivity index (χ1v) is 11.7. The molecule has 3 aromatic heterocycles. The molecule has 0 saturated heterocycles. The van der Waals surface area contributed by atoms with Gasteiger partial charge in [-0.15, -0.1) is 11.3 Å². The molecular weight excluding hydrogens is 434 g/mol. The summed E-state index contributed by atoms with van der Waals surface area (Å²) in [5.41, 5.74) is 3.81. The van der Waals surface area contributed by atoms with Crippen molar-refractivity contribution in [1.82, 2.24) is 14.8 Å². The van der Waals surface area contributed by atoms with Crippen molar-refractivity contribution >= 4 is 33.8 Å². The molecule has 0 saturated carbocycles. The van der Waals surface area contributed by atoms with Crippen LogP contribution in [0.2, 0.25) is 0 Å². The highest BCUT2D eigenvalue weighted by atomic mass is 32.1. The van der Waals surface area contributed by atoms with Crippen LogP contribution in [0.4, 0.5) is 10.7 Å². The van der Waals surface area contributed by atoms with Crippen molar-refractivity contribution in [3.8, 4) is 0 Å². The fourth-order valence-corrected chi connectivity index (χ4v) is 5.33. The van der Waals surface area contributed by atoms with Gasteiger partial charge in [0.15, 0.2) is 0 Å². The molecule has 33 heavy (non-hydrogen) atoms. The monoisotopic (exact) mass is 457 g/mol. The number of benzene rings is 1. The molecule has 2 N–H and O–H groups in total. The Morgan fingerprint density at radius 1 is 0.970 bits per heavy atom. The molecule has 0 fully saturated rings. The molecule has 0 unspecified atom stereocenters. The normalized spacial score (nSPS) is 12.7. The number of hydrogen-bond donors (Lipinski definition) is 2. The first-order chi connectivity index (χ1) is 16.2. The number of thiophene rings is 1. The minimum Gasteiger partial charge on any atom is -0.319 e. The molecule has 5 rings (SSSR count).